The lowest BCUT2D eigenvalue weighted by atomic mass is 10.1. The topological polar surface area (TPSA) is 56.1 Å². The molecule has 1 amide bonds. The van der Waals surface area contributed by atoms with Crippen molar-refractivity contribution in [1.29, 1.82) is 5.26 Å². The van der Waals surface area contributed by atoms with E-state index in [0.29, 0.717) is 5.69 Å². The highest BCUT2D eigenvalue weighted by Crippen LogP contribution is 2.33. The van der Waals surface area contributed by atoms with Crippen molar-refractivity contribution in [3.05, 3.63) is 29.3 Å². The van der Waals surface area contributed by atoms with Crippen molar-refractivity contribution >= 4 is 11.6 Å². The number of rotatable bonds is 4. The number of amides is 1. The van der Waals surface area contributed by atoms with Crippen molar-refractivity contribution in [3.8, 4) is 6.07 Å². The Bertz CT molecular complexity index is 562. The van der Waals surface area contributed by atoms with E-state index in [-0.39, 0.29) is 18.5 Å². The normalized spacial score (nSPS) is 11.1. The van der Waals surface area contributed by atoms with Gasteiger partial charge in [-0.05, 0) is 32.0 Å². The fourth-order valence-electron chi connectivity index (χ4n) is 1.78. The maximum Gasteiger partial charge on any atom is 0.417 e. The molecule has 4 nitrogen and oxygen atoms in total. The molecule has 0 unspecified atom stereocenters. The van der Waals surface area contributed by atoms with Crippen molar-refractivity contribution in [3.63, 3.8) is 0 Å². The molecular weight excluding hydrogens is 283 g/mol. The Hall–Kier alpha value is -2.23. The largest absolute Gasteiger partial charge is 0.417 e. The highest BCUT2D eigenvalue weighted by Gasteiger charge is 2.33. The zero-order valence-electron chi connectivity index (χ0n) is 12.0. The average molecular weight is 299 g/mol. The van der Waals surface area contributed by atoms with Gasteiger partial charge in [-0.1, -0.05) is 0 Å². The van der Waals surface area contributed by atoms with Gasteiger partial charge >= 0.3 is 6.18 Å². The lowest BCUT2D eigenvalue weighted by Crippen LogP contribution is -2.38. The van der Waals surface area contributed by atoms with Crippen molar-refractivity contribution in [2.45, 2.75) is 26.1 Å². The number of hydrogen-bond acceptors (Lipinski definition) is 3. The van der Waals surface area contributed by atoms with E-state index in [2.05, 4.69) is 5.32 Å². The van der Waals surface area contributed by atoms with Gasteiger partial charge in [-0.3, -0.25) is 4.79 Å². The molecule has 1 rings (SSSR count). The standard InChI is InChI=1S/C14H16F3N3O/c1-9(2)19-13(21)8-20(3)11-4-5-12(14(15,16)17)10(6-11)7-18/h4-6,9H,8H2,1-3H3,(H,19,21). The summed E-state index contributed by atoms with van der Waals surface area (Å²) in [5, 5.41) is 11.5. The third-order valence-electron chi connectivity index (χ3n) is 2.70. The van der Waals surface area contributed by atoms with E-state index in [1.54, 1.807) is 7.05 Å². The van der Waals surface area contributed by atoms with Gasteiger partial charge in [-0.2, -0.15) is 18.4 Å². The molecule has 1 N–H and O–H groups in total. The molecule has 0 radical (unpaired) electrons. The van der Waals surface area contributed by atoms with E-state index in [9.17, 15) is 18.0 Å². The number of nitriles is 1. The molecule has 1 aromatic carbocycles. The van der Waals surface area contributed by atoms with E-state index in [1.165, 1.54) is 17.0 Å². The molecule has 0 aromatic heterocycles. The second-order valence-electron chi connectivity index (χ2n) is 4.92. The van der Waals surface area contributed by atoms with Crippen LogP contribution in [0.25, 0.3) is 0 Å². The van der Waals surface area contributed by atoms with Gasteiger partial charge in [0.1, 0.15) is 0 Å². The predicted octanol–water partition coefficient (Wildman–Crippen LogP) is 2.54. The molecule has 1 aromatic rings. The van der Waals surface area contributed by atoms with Gasteiger partial charge in [0.05, 0.1) is 23.7 Å². The number of carbonyl (C=O) groups is 1. The lowest BCUT2D eigenvalue weighted by Gasteiger charge is -2.21. The molecule has 0 aliphatic heterocycles. The second-order valence-corrected chi connectivity index (χ2v) is 4.92. The fraction of sp³-hybridized carbons (Fsp3) is 0.429. The Kier molecular flexibility index (Phi) is 5.19. The number of nitrogens with zero attached hydrogens (tertiary/aromatic N) is 2. The molecule has 0 heterocycles. The van der Waals surface area contributed by atoms with E-state index >= 15 is 0 Å². The Morgan fingerprint density at radius 1 is 1.43 bits per heavy atom. The van der Waals surface area contributed by atoms with E-state index < -0.39 is 17.3 Å². The molecule has 0 aliphatic rings. The van der Waals surface area contributed by atoms with Crippen LogP contribution in [0.5, 0.6) is 0 Å². The van der Waals surface area contributed by atoms with Crippen LogP contribution in [0.4, 0.5) is 18.9 Å². The number of halogens is 3. The molecule has 0 bridgehead atoms. The molecule has 0 spiro atoms. The van der Waals surface area contributed by atoms with Crippen molar-refractivity contribution in [2.75, 3.05) is 18.5 Å². The van der Waals surface area contributed by atoms with Crippen LogP contribution in [-0.4, -0.2) is 25.5 Å². The highest BCUT2D eigenvalue weighted by atomic mass is 19.4. The molecule has 7 heteroatoms. The van der Waals surface area contributed by atoms with Gasteiger partial charge in [-0.25, -0.2) is 0 Å². The summed E-state index contributed by atoms with van der Waals surface area (Å²) < 4.78 is 38.1. The first-order valence-electron chi connectivity index (χ1n) is 6.27. The summed E-state index contributed by atoms with van der Waals surface area (Å²) in [6, 6.07) is 4.74. The number of hydrogen-bond donors (Lipinski definition) is 1. The summed E-state index contributed by atoms with van der Waals surface area (Å²) in [6.45, 7) is 3.61. The molecule has 114 valence electrons. The summed E-state index contributed by atoms with van der Waals surface area (Å²) in [5.41, 5.74) is -1.07. The van der Waals surface area contributed by atoms with Crippen molar-refractivity contribution in [1.82, 2.24) is 5.32 Å². The SMILES string of the molecule is CC(C)NC(=O)CN(C)c1ccc(C(F)(F)F)c(C#N)c1. The maximum atomic E-state index is 12.7. The van der Waals surface area contributed by atoms with Gasteiger partial charge in [0.15, 0.2) is 0 Å². The third-order valence-corrected chi connectivity index (χ3v) is 2.70. The molecule has 0 saturated heterocycles. The minimum atomic E-state index is -4.57. The number of benzene rings is 1. The minimum Gasteiger partial charge on any atom is -0.365 e. The number of likely N-dealkylation sites (N-methyl/N-ethyl adjacent to an activating group) is 1. The average Bonchev–Trinajstić information content (AvgIpc) is 2.35. The van der Waals surface area contributed by atoms with Gasteiger partial charge in [0.2, 0.25) is 5.91 Å². The Labute approximate surface area is 121 Å². The summed E-state index contributed by atoms with van der Waals surface area (Å²) in [6.07, 6.45) is -4.57. The number of nitrogens with one attached hydrogen (secondary N) is 1. The van der Waals surface area contributed by atoms with E-state index in [1.807, 2.05) is 13.8 Å². The smallest absolute Gasteiger partial charge is 0.365 e. The Balaban J connectivity index is 2.95. The molecule has 0 fully saturated rings. The van der Waals surface area contributed by atoms with Crippen LogP contribution in [0.1, 0.15) is 25.0 Å². The Morgan fingerprint density at radius 2 is 2.05 bits per heavy atom. The van der Waals surface area contributed by atoms with Crippen LogP contribution >= 0.6 is 0 Å². The van der Waals surface area contributed by atoms with Gasteiger partial charge < -0.3 is 10.2 Å². The molecule has 0 atom stereocenters. The van der Waals surface area contributed by atoms with Crippen molar-refractivity contribution < 1.29 is 18.0 Å². The van der Waals surface area contributed by atoms with Crippen LogP contribution in [0, 0.1) is 11.3 Å². The van der Waals surface area contributed by atoms with Crippen LogP contribution < -0.4 is 10.2 Å². The summed E-state index contributed by atoms with van der Waals surface area (Å²) in [7, 11) is 1.57. The second kappa shape index (κ2) is 6.48. The van der Waals surface area contributed by atoms with Crippen LogP contribution in [-0.2, 0) is 11.0 Å². The highest BCUT2D eigenvalue weighted by molar-refractivity contribution is 5.81. The van der Waals surface area contributed by atoms with Gasteiger partial charge in [-0.15, -0.1) is 0 Å². The van der Waals surface area contributed by atoms with E-state index in [4.69, 9.17) is 5.26 Å². The summed E-state index contributed by atoms with van der Waals surface area (Å²) >= 11 is 0. The third kappa shape index (κ3) is 4.67. The zero-order valence-corrected chi connectivity index (χ0v) is 12.0. The Morgan fingerprint density at radius 3 is 2.52 bits per heavy atom. The van der Waals surface area contributed by atoms with Gasteiger partial charge in [0, 0.05) is 18.8 Å². The first-order valence-corrected chi connectivity index (χ1v) is 6.27. The minimum absolute atomic E-state index is 0.00554. The first kappa shape index (κ1) is 16.8. The quantitative estimate of drug-likeness (QED) is 0.929. The summed E-state index contributed by atoms with van der Waals surface area (Å²) in [5.74, 6) is -0.245. The van der Waals surface area contributed by atoms with Gasteiger partial charge in [0.25, 0.3) is 0 Å². The lowest BCUT2D eigenvalue weighted by molar-refractivity contribution is -0.137. The van der Waals surface area contributed by atoms with Crippen LogP contribution in [0.3, 0.4) is 0 Å². The number of alkyl halides is 3. The molecule has 0 aliphatic carbocycles. The molecular formula is C14H16F3N3O. The first-order chi connectivity index (χ1) is 9.65. The zero-order chi connectivity index (χ0) is 16.2. The van der Waals surface area contributed by atoms with E-state index in [0.717, 1.165) is 12.1 Å². The van der Waals surface area contributed by atoms with Crippen molar-refractivity contribution in [2.24, 2.45) is 0 Å². The van der Waals surface area contributed by atoms with Crippen LogP contribution in [0.15, 0.2) is 18.2 Å². The number of anilines is 1. The maximum absolute atomic E-state index is 12.7. The molecule has 21 heavy (non-hydrogen) atoms. The number of carbonyl (C=O) groups excluding carboxylic acids is 1. The van der Waals surface area contributed by atoms with Crippen LogP contribution in [0.2, 0.25) is 0 Å². The summed E-state index contributed by atoms with van der Waals surface area (Å²) in [4.78, 5) is 13.1. The fourth-order valence-corrected chi connectivity index (χ4v) is 1.78. The predicted molar refractivity (Wildman–Crippen MR) is 72.7 cm³/mol. The monoisotopic (exact) mass is 299 g/mol. The molecule has 0 saturated carbocycles.